The number of hydrogen-bond donors (Lipinski definition) is 2. The predicted molar refractivity (Wildman–Crippen MR) is 121 cm³/mol. The van der Waals surface area contributed by atoms with Crippen molar-refractivity contribution in [2.24, 2.45) is 0 Å². The number of amides is 2. The number of unbranched alkanes of at least 4 members (excludes halogenated alkanes) is 14. The molecule has 2 N–H and O–H groups in total. The van der Waals surface area contributed by atoms with Crippen molar-refractivity contribution < 1.29 is 7.65 Å². The first-order valence-corrected chi connectivity index (χ1v) is 11.8. The second-order valence-electron chi connectivity index (χ2n) is 8.07. The number of hydrogen-bond acceptors (Lipinski definition) is 1. The number of urea groups is 1. The van der Waals surface area contributed by atoms with Crippen LogP contribution in [0.3, 0.4) is 0 Å². The molecule has 0 aromatic carbocycles. The molecule has 0 saturated heterocycles. The van der Waals surface area contributed by atoms with Crippen LogP contribution >= 0.6 is 0 Å². The van der Waals surface area contributed by atoms with Crippen LogP contribution in [0.25, 0.3) is 0 Å². The van der Waals surface area contributed by atoms with E-state index in [4.69, 9.17) is 0 Å². The molecule has 1 rings (SSSR count). The fourth-order valence-electron chi connectivity index (χ4n) is 3.58. The lowest BCUT2D eigenvalue weighted by molar-refractivity contribution is 0.242. The van der Waals surface area contributed by atoms with Gasteiger partial charge in [-0.25, -0.2) is 4.79 Å². The van der Waals surface area contributed by atoms with E-state index < -0.39 is 0 Å². The molecule has 0 fully saturated rings. The van der Waals surface area contributed by atoms with E-state index in [1.165, 1.54) is 95.5 Å². The van der Waals surface area contributed by atoms with Crippen LogP contribution in [-0.2, 0) is 0 Å². The van der Waals surface area contributed by atoms with Gasteiger partial charge in [-0.1, -0.05) is 109 Å². The Morgan fingerprint density at radius 1 is 0.815 bits per heavy atom. The monoisotopic (exact) mass is 380 g/mol. The minimum absolute atomic E-state index is 0. The Morgan fingerprint density at radius 2 is 1.26 bits per heavy atom. The molecule has 3 nitrogen and oxygen atoms in total. The van der Waals surface area contributed by atoms with Gasteiger partial charge in [0.25, 0.3) is 0 Å². The average molecular weight is 381 g/mol. The summed E-state index contributed by atoms with van der Waals surface area (Å²) < 4.78 is 0. The molecule has 160 valence electrons. The van der Waals surface area contributed by atoms with Crippen LogP contribution in [0.4, 0.5) is 4.79 Å². The molecule has 0 saturated carbocycles. The summed E-state index contributed by atoms with van der Waals surface area (Å²) in [6, 6.07) is -0.0713. The molecule has 0 spiro atoms. The normalized spacial score (nSPS) is 13.0. The number of nitrogens with one attached hydrogen (secondary N) is 2. The Bertz CT molecular complexity index is 460. The Labute approximate surface area is 171 Å². The lowest BCUT2D eigenvalue weighted by atomic mass is 10.0. The van der Waals surface area contributed by atoms with Gasteiger partial charge < -0.3 is 10.6 Å². The fraction of sp³-hybridized carbons (Fsp3) is 0.833. The van der Waals surface area contributed by atoms with E-state index in [1.54, 1.807) is 0 Å². The number of carbonyl (C=O) groups excluding carboxylic acids is 1. The van der Waals surface area contributed by atoms with E-state index in [0.29, 0.717) is 0 Å². The van der Waals surface area contributed by atoms with Crippen molar-refractivity contribution in [3.05, 3.63) is 17.0 Å². The van der Waals surface area contributed by atoms with Crippen LogP contribution in [-0.4, -0.2) is 12.6 Å². The highest BCUT2D eigenvalue weighted by Gasteiger charge is 2.11. The molecule has 1 aliphatic carbocycles. The molecule has 0 atom stereocenters. The third-order valence-electron chi connectivity index (χ3n) is 5.47. The van der Waals surface area contributed by atoms with Crippen molar-refractivity contribution in [2.45, 2.75) is 123 Å². The van der Waals surface area contributed by atoms with Crippen LogP contribution in [0.1, 0.15) is 126 Å². The summed E-state index contributed by atoms with van der Waals surface area (Å²) in [4.78, 5) is 11.7. The maximum Gasteiger partial charge on any atom is 0.319 e. The van der Waals surface area contributed by atoms with Gasteiger partial charge in [0, 0.05) is 15.8 Å². The zero-order chi connectivity index (χ0) is 19.6. The summed E-state index contributed by atoms with van der Waals surface area (Å²) in [5.74, 6) is 0. The Kier molecular flexibility index (Phi) is 14.9. The van der Waals surface area contributed by atoms with Crippen LogP contribution in [0.5, 0.6) is 0 Å². The van der Waals surface area contributed by atoms with Crippen LogP contribution in [0.15, 0.2) is 17.0 Å². The smallest absolute Gasteiger partial charge is 0.319 e. The maximum atomic E-state index is 11.7. The van der Waals surface area contributed by atoms with Gasteiger partial charge in [0.15, 0.2) is 0 Å². The summed E-state index contributed by atoms with van der Waals surface area (Å²) in [6.07, 6.45) is 22.5. The minimum atomic E-state index is -0.0713. The minimum Gasteiger partial charge on any atom is -0.338 e. The summed E-state index contributed by atoms with van der Waals surface area (Å²) in [6.45, 7) is 5.18. The van der Waals surface area contributed by atoms with Gasteiger partial charge in [-0.15, -0.1) is 0 Å². The van der Waals surface area contributed by atoms with Crippen molar-refractivity contribution in [1.29, 1.82) is 0 Å². The first kappa shape index (κ1) is 23.8. The summed E-state index contributed by atoms with van der Waals surface area (Å²) >= 11 is 0. The van der Waals surface area contributed by atoms with Gasteiger partial charge in [-0.2, -0.15) is 0 Å². The SMILES string of the molecule is CCCCCCCCCCCCCCCCCNC(=O)NC1=C=C(CC)C1.[HH].[HH]. The number of rotatable bonds is 18. The summed E-state index contributed by atoms with van der Waals surface area (Å²) in [5, 5.41) is 5.81. The molecular weight excluding hydrogens is 332 g/mol. The number of carbonyl (C=O) groups is 1. The highest BCUT2D eigenvalue weighted by atomic mass is 16.2. The van der Waals surface area contributed by atoms with E-state index in [0.717, 1.165) is 31.5 Å². The van der Waals surface area contributed by atoms with E-state index in [2.05, 4.69) is 30.2 Å². The second-order valence-corrected chi connectivity index (χ2v) is 8.07. The second kappa shape index (κ2) is 16.9. The Morgan fingerprint density at radius 3 is 1.70 bits per heavy atom. The van der Waals surface area contributed by atoms with E-state index in [-0.39, 0.29) is 8.88 Å². The highest BCUT2D eigenvalue weighted by Crippen LogP contribution is 2.19. The average Bonchev–Trinajstić information content (AvgIpc) is 2.64. The first-order chi connectivity index (χ1) is 13.3. The van der Waals surface area contributed by atoms with Crippen LogP contribution in [0.2, 0.25) is 0 Å². The maximum absolute atomic E-state index is 11.7. The van der Waals surface area contributed by atoms with Gasteiger partial charge in [0.05, 0.1) is 5.70 Å². The standard InChI is InChI=1S/C24H44N2O.2H2/c1-3-5-6-7-8-9-10-11-12-13-14-15-16-17-18-19-25-24(27)26-23-20-22(4-2)21-23;;/h3-20H2,1-2H3,(H2,25,26,27);2*1H. The van der Waals surface area contributed by atoms with E-state index >= 15 is 0 Å². The van der Waals surface area contributed by atoms with E-state index in [1.807, 2.05) is 0 Å². The van der Waals surface area contributed by atoms with Crippen LogP contribution < -0.4 is 10.6 Å². The van der Waals surface area contributed by atoms with Gasteiger partial charge in [-0.05, 0) is 18.4 Å². The molecule has 2 amide bonds. The summed E-state index contributed by atoms with van der Waals surface area (Å²) in [5.41, 5.74) is 5.41. The molecule has 0 aromatic heterocycles. The van der Waals surface area contributed by atoms with Crippen molar-refractivity contribution in [3.63, 3.8) is 0 Å². The molecular formula is C24H48N2O. The highest BCUT2D eigenvalue weighted by molar-refractivity contribution is 5.76. The Hall–Kier alpha value is -1.21. The Balaban J connectivity index is 0. The molecule has 0 aromatic rings. The topological polar surface area (TPSA) is 41.1 Å². The van der Waals surface area contributed by atoms with Crippen molar-refractivity contribution >= 4 is 6.03 Å². The van der Waals surface area contributed by atoms with Gasteiger partial charge in [0.2, 0.25) is 0 Å². The molecule has 3 heteroatoms. The van der Waals surface area contributed by atoms with Crippen molar-refractivity contribution in [1.82, 2.24) is 10.6 Å². The van der Waals surface area contributed by atoms with Crippen molar-refractivity contribution in [3.8, 4) is 0 Å². The molecule has 0 radical (unpaired) electrons. The van der Waals surface area contributed by atoms with Gasteiger partial charge in [-0.3, -0.25) is 0 Å². The molecule has 0 unspecified atom stereocenters. The molecule has 0 heterocycles. The third kappa shape index (κ3) is 13.6. The third-order valence-corrected chi connectivity index (χ3v) is 5.47. The van der Waals surface area contributed by atoms with Crippen LogP contribution in [0, 0.1) is 0 Å². The molecule has 0 bridgehead atoms. The molecule has 27 heavy (non-hydrogen) atoms. The van der Waals surface area contributed by atoms with E-state index in [9.17, 15) is 4.79 Å². The quantitative estimate of drug-likeness (QED) is 0.184. The lowest BCUT2D eigenvalue weighted by Gasteiger charge is -2.15. The summed E-state index contributed by atoms with van der Waals surface area (Å²) in [7, 11) is 0. The van der Waals surface area contributed by atoms with Crippen molar-refractivity contribution in [2.75, 3.05) is 6.54 Å². The first-order valence-electron chi connectivity index (χ1n) is 11.8. The lowest BCUT2D eigenvalue weighted by Crippen LogP contribution is -2.36. The van der Waals surface area contributed by atoms with Gasteiger partial charge in [0.1, 0.15) is 0 Å². The largest absolute Gasteiger partial charge is 0.338 e. The molecule has 1 aliphatic rings. The zero-order valence-electron chi connectivity index (χ0n) is 18.1. The zero-order valence-corrected chi connectivity index (χ0v) is 18.1. The van der Waals surface area contributed by atoms with Gasteiger partial charge >= 0.3 is 6.03 Å². The molecule has 0 aliphatic heterocycles. The fourth-order valence-corrected chi connectivity index (χ4v) is 3.58. The predicted octanol–water partition coefficient (Wildman–Crippen LogP) is 7.87.